The van der Waals surface area contributed by atoms with E-state index < -0.39 is 0 Å². The second-order valence-corrected chi connectivity index (χ2v) is 5.02. The molecule has 3 heteroatoms. The van der Waals surface area contributed by atoms with Gasteiger partial charge in [0.2, 0.25) is 0 Å². The molecule has 0 aliphatic rings. The van der Waals surface area contributed by atoms with Crippen molar-refractivity contribution in [2.45, 2.75) is 32.6 Å². The molecule has 3 nitrogen and oxygen atoms in total. The van der Waals surface area contributed by atoms with Crippen LogP contribution < -0.4 is 11.3 Å². The van der Waals surface area contributed by atoms with Crippen LogP contribution in [0.25, 0.3) is 10.9 Å². The molecule has 0 radical (unpaired) electrons. The first kappa shape index (κ1) is 12.8. The van der Waals surface area contributed by atoms with Crippen LogP contribution in [-0.2, 0) is 6.42 Å². The highest BCUT2D eigenvalue weighted by molar-refractivity contribution is 5.79. The lowest BCUT2D eigenvalue weighted by molar-refractivity contribution is 0.832. The standard InChI is InChI=1S/C15H20N2O/c1-10(2)13-9-12-8-11(4-3-7-16)5-6-14(12)17-15(13)18/h5-6,8-10H,3-4,7,16H2,1-2H3,(H,17,18). The lowest BCUT2D eigenvalue weighted by Crippen LogP contribution is -2.13. The van der Waals surface area contributed by atoms with Crippen LogP contribution in [0.4, 0.5) is 0 Å². The highest BCUT2D eigenvalue weighted by Gasteiger charge is 2.07. The fourth-order valence-electron chi connectivity index (χ4n) is 2.16. The predicted molar refractivity (Wildman–Crippen MR) is 76.0 cm³/mol. The maximum atomic E-state index is 11.9. The van der Waals surface area contributed by atoms with Crippen LogP contribution in [0, 0.1) is 0 Å². The van der Waals surface area contributed by atoms with Gasteiger partial charge in [0, 0.05) is 11.1 Å². The zero-order valence-corrected chi connectivity index (χ0v) is 11.0. The molecule has 96 valence electrons. The van der Waals surface area contributed by atoms with Gasteiger partial charge < -0.3 is 10.7 Å². The molecule has 2 rings (SSSR count). The molecule has 0 spiro atoms. The molecule has 1 aromatic carbocycles. The van der Waals surface area contributed by atoms with Crippen molar-refractivity contribution in [2.24, 2.45) is 5.73 Å². The molecule has 0 amide bonds. The number of rotatable bonds is 4. The Bertz CT molecular complexity index is 599. The zero-order chi connectivity index (χ0) is 13.1. The minimum absolute atomic E-state index is 0.0206. The van der Waals surface area contributed by atoms with Crippen LogP contribution >= 0.6 is 0 Å². The maximum Gasteiger partial charge on any atom is 0.251 e. The van der Waals surface area contributed by atoms with Gasteiger partial charge in [0.05, 0.1) is 0 Å². The summed E-state index contributed by atoms with van der Waals surface area (Å²) in [5, 5.41) is 1.10. The fraction of sp³-hybridized carbons (Fsp3) is 0.400. The number of benzene rings is 1. The van der Waals surface area contributed by atoms with Crippen molar-refractivity contribution in [3.8, 4) is 0 Å². The van der Waals surface area contributed by atoms with E-state index in [1.165, 1.54) is 5.56 Å². The molecule has 0 unspecified atom stereocenters. The molecule has 0 saturated carbocycles. The van der Waals surface area contributed by atoms with Gasteiger partial charge in [-0.25, -0.2) is 0 Å². The second-order valence-electron chi connectivity index (χ2n) is 5.02. The van der Waals surface area contributed by atoms with Gasteiger partial charge in [-0.3, -0.25) is 4.79 Å². The van der Waals surface area contributed by atoms with Crippen molar-refractivity contribution in [3.05, 3.63) is 45.7 Å². The Morgan fingerprint density at radius 1 is 1.28 bits per heavy atom. The summed E-state index contributed by atoms with van der Waals surface area (Å²) in [6.45, 7) is 4.78. The SMILES string of the molecule is CC(C)c1cc2cc(CCCN)ccc2[nH]c1=O. The average Bonchev–Trinajstić information content (AvgIpc) is 2.35. The van der Waals surface area contributed by atoms with E-state index in [-0.39, 0.29) is 11.5 Å². The van der Waals surface area contributed by atoms with E-state index in [4.69, 9.17) is 5.73 Å². The van der Waals surface area contributed by atoms with Gasteiger partial charge in [-0.2, -0.15) is 0 Å². The number of nitrogens with two attached hydrogens (primary N) is 1. The zero-order valence-electron chi connectivity index (χ0n) is 11.0. The van der Waals surface area contributed by atoms with E-state index in [0.29, 0.717) is 6.54 Å². The molecule has 0 aliphatic carbocycles. The van der Waals surface area contributed by atoms with Crippen LogP contribution in [0.15, 0.2) is 29.1 Å². The summed E-state index contributed by atoms with van der Waals surface area (Å²) in [7, 11) is 0. The quantitative estimate of drug-likeness (QED) is 0.868. The average molecular weight is 244 g/mol. The maximum absolute atomic E-state index is 11.9. The molecular weight excluding hydrogens is 224 g/mol. The normalized spacial score (nSPS) is 11.3. The van der Waals surface area contributed by atoms with Crippen LogP contribution in [0.5, 0.6) is 0 Å². The number of pyridine rings is 1. The summed E-state index contributed by atoms with van der Waals surface area (Å²) in [5.41, 5.74) is 8.57. The van der Waals surface area contributed by atoms with E-state index in [1.807, 2.05) is 26.0 Å². The Hall–Kier alpha value is -1.61. The monoisotopic (exact) mass is 244 g/mol. The molecule has 2 aromatic rings. The first-order valence-electron chi connectivity index (χ1n) is 6.47. The predicted octanol–water partition coefficient (Wildman–Crippen LogP) is 2.54. The second kappa shape index (κ2) is 5.36. The molecule has 18 heavy (non-hydrogen) atoms. The summed E-state index contributed by atoms with van der Waals surface area (Å²) in [5.74, 6) is 0.242. The van der Waals surface area contributed by atoms with Gasteiger partial charge in [-0.1, -0.05) is 19.9 Å². The smallest absolute Gasteiger partial charge is 0.251 e. The highest BCUT2D eigenvalue weighted by atomic mass is 16.1. The van der Waals surface area contributed by atoms with Crippen LogP contribution in [0.1, 0.15) is 37.3 Å². The molecule has 1 aromatic heterocycles. The van der Waals surface area contributed by atoms with Crippen molar-refractivity contribution in [1.29, 1.82) is 0 Å². The fourth-order valence-corrected chi connectivity index (χ4v) is 2.16. The van der Waals surface area contributed by atoms with Gasteiger partial charge >= 0.3 is 0 Å². The Labute approximate surface area is 107 Å². The highest BCUT2D eigenvalue weighted by Crippen LogP contribution is 2.18. The molecule has 0 fully saturated rings. The van der Waals surface area contributed by atoms with E-state index in [1.54, 1.807) is 0 Å². The molecular formula is C15H20N2O. The summed E-state index contributed by atoms with van der Waals surface area (Å²) >= 11 is 0. The third-order valence-corrected chi connectivity index (χ3v) is 3.23. The van der Waals surface area contributed by atoms with Gasteiger partial charge in [-0.05, 0) is 54.5 Å². The van der Waals surface area contributed by atoms with Gasteiger partial charge in [-0.15, -0.1) is 0 Å². The number of H-pyrrole nitrogens is 1. The van der Waals surface area contributed by atoms with Gasteiger partial charge in [0.25, 0.3) is 5.56 Å². The van der Waals surface area contributed by atoms with E-state index in [2.05, 4.69) is 17.1 Å². The topological polar surface area (TPSA) is 58.9 Å². The van der Waals surface area contributed by atoms with Crippen LogP contribution in [-0.4, -0.2) is 11.5 Å². The lowest BCUT2D eigenvalue weighted by atomic mass is 10.0. The number of aromatic amines is 1. The Kier molecular flexibility index (Phi) is 3.82. The molecule has 1 heterocycles. The van der Waals surface area contributed by atoms with Gasteiger partial charge in [0.15, 0.2) is 0 Å². The number of hydrogen-bond acceptors (Lipinski definition) is 2. The summed E-state index contributed by atoms with van der Waals surface area (Å²) < 4.78 is 0. The number of aryl methyl sites for hydroxylation is 1. The van der Waals surface area contributed by atoms with E-state index in [9.17, 15) is 4.79 Å². The minimum Gasteiger partial charge on any atom is -0.330 e. The Morgan fingerprint density at radius 3 is 2.72 bits per heavy atom. The number of fused-ring (bicyclic) bond motifs is 1. The summed E-state index contributed by atoms with van der Waals surface area (Å²) in [4.78, 5) is 14.8. The molecule has 3 N–H and O–H groups in total. The van der Waals surface area contributed by atoms with E-state index >= 15 is 0 Å². The Balaban J connectivity index is 2.48. The Morgan fingerprint density at radius 2 is 2.06 bits per heavy atom. The molecule has 0 saturated heterocycles. The van der Waals surface area contributed by atoms with Crippen LogP contribution in [0.2, 0.25) is 0 Å². The molecule has 0 aliphatic heterocycles. The van der Waals surface area contributed by atoms with Crippen molar-refractivity contribution in [2.75, 3.05) is 6.54 Å². The molecule has 0 bridgehead atoms. The third-order valence-electron chi connectivity index (χ3n) is 3.23. The van der Waals surface area contributed by atoms with Crippen LogP contribution in [0.3, 0.4) is 0 Å². The summed E-state index contributed by atoms with van der Waals surface area (Å²) in [6.07, 6.45) is 1.98. The number of aromatic nitrogens is 1. The first-order chi connectivity index (χ1) is 8.61. The molecule has 0 atom stereocenters. The summed E-state index contributed by atoms with van der Waals surface area (Å²) in [6, 6.07) is 8.19. The van der Waals surface area contributed by atoms with Crippen molar-refractivity contribution >= 4 is 10.9 Å². The number of nitrogens with one attached hydrogen (secondary N) is 1. The van der Waals surface area contributed by atoms with Crippen molar-refractivity contribution in [3.63, 3.8) is 0 Å². The van der Waals surface area contributed by atoms with Crippen molar-refractivity contribution in [1.82, 2.24) is 4.98 Å². The van der Waals surface area contributed by atoms with E-state index in [0.717, 1.165) is 29.3 Å². The van der Waals surface area contributed by atoms with Gasteiger partial charge in [0.1, 0.15) is 0 Å². The van der Waals surface area contributed by atoms with Crippen molar-refractivity contribution < 1.29 is 0 Å². The first-order valence-corrected chi connectivity index (χ1v) is 6.47. The minimum atomic E-state index is 0.0206. The third kappa shape index (κ3) is 2.62. The number of hydrogen-bond donors (Lipinski definition) is 2. The largest absolute Gasteiger partial charge is 0.330 e. The lowest BCUT2D eigenvalue weighted by Gasteiger charge is -2.07.